The van der Waals surface area contributed by atoms with Crippen molar-refractivity contribution in [3.63, 3.8) is 0 Å². The van der Waals surface area contributed by atoms with Gasteiger partial charge in [0.25, 0.3) is 0 Å². The molecule has 1 aromatic carbocycles. The summed E-state index contributed by atoms with van der Waals surface area (Å²) in [4.78, 5) is 0. The number of allylic oxidation sites excluding steroid dienone is 12. The zero-order chi connectivity index (χ0) is 24.2. The lowest BCUT2D eigenvalue weighted by Gasteiger charge is -2.08. The van der Waals surface area contributed by atoms with Crippen LogP contribution < -0.4 is 0 Å². The average Bonchev–Trinajstić information content (AvgIpc) is 2.81. The third kappa shape index (κ3) is 7.81. The molecule has 0 aromatic heterocycles. The first-order valence-corrected chi connectivity index (χ1v) is 11.1. The number of rotatable bonds is 0. The first-order chi connectivity index (χ1) is 16.5. The summed E-state index contributed by atoms with van der Waals surface area (Å²) in [7, 11) is 0. The van der Waals surface area contributed by atoms with E-state index in [0.29, 0.717) is 0 Å². The Hall–Kier alpha value is -4.62. The highest BCUT2D eigenvalue weighted by Gasteiger charge is 2.04. The molecule has 2 aliphatic carbocycles. The van der Waals surface area contributed by atoms with Gasteiger partial charge in [-0.05, 0) is 108 Å². The maximum absolute atomic E-state index is 3.08. The number of hydrogen-bond acceptors (Lipinski definition) is 0. The zero-order valence-electron chi connectivity index (χ0n) is 20.1. The summed E-state index contributed by atoms with van der Waals surface area (Å²) < 4.78 is 0. The normalized spacial score (nSPS) is 24.6. The predicted molar refractivity (Wildman–Crippen MR) is 149 cm³/mol. The van der Waals surface area contributed by atoms with E-state index in [-0.39, 0.29) is 0 Å². The van der Waals surface area contributed by atoms with Gasteiger partial charge in [0.1, 0.15) is 0 Å². The molecule has 0 nitrogen and oxygen atoms in total. The van der Waals surface area contributed by atoms with Crippen molar-refractivity contribution in [2.45, 2.75) is 27.7 Å². The summed E-state index contributed by atoms with van der Waals surface area (Å²) in [5, 5.41) is 0. The highest BCUT2D eigenvalue weighted by molar-refractivity contribution is 5.76. The van der Waals surface area contributed by atoms with Crippen LogP contribution in [-0.2, 0) is 0 Å². The van der Waals surface area contributed by atoms with E-state index in [9.17, 15) is 0 Å². The molecule has 0 spiro atoms. The Bertz CT molecular complexity index is 1240. The molecular weight excluding hydrogens is 408 g/mol. The van der Waals surface area contributed by atoms with E-state index in [0.717, 1.165) is 44.5 Å². The minimum absolute atomic E-state index is 0.962. The fraction of sp³-hybridized carbons (Fsp3) is 0.118. The molecule has 3 rings (SSSR count). The van der Waals surface area contributed by atoms with Crippen LogP contribution in [0.1, 0.15) is 49.9 Å². The molecule has 0 amide bonds. The Balaban J connectivity index is 2.23. The van der Waals surface area contributed by atoms with Gasteiger partial charge in [-0.25, -0.2) is 0 Å². The Morgan fingerprint density at radius 1 is 0.382 bits per heavy atom. The molecule has 0 N–H and O–H groups in total. The van der Waals surface area contributed by atoms with Crippen LogP contribution in [0.25, 0.3) is 24.3 Å². The van der Waals surface area contributed by atoms with Crippen LogP contribution in [0.5, 0.6) is 0 Å². The minimum Gasteiger partial charge on any atom is -0.0607 e. The van der Waals surface area contributed by atoms with Gasteiger partial charge < -0.3 is 0 Å². The highest BCUT2D eigenvalue weighted by atomic mass is 14.1. The largest absolute Gasteiger partial charge is 0.0607 e. The molecule has 0 heterocycles. The van der Waals surface area contributed by atoms with Gasteiger partial charge in [0, 0.05) is 0 Å². The molecule has 34 heavy (non-hydrogen) atoms. The van der Waals surface area contributed by atoms with E-state index in [1.54, 1.807) is 0 Å². The molecule has 1 aromatic rings. The summed E-state index contributed by atoms with van der Waals surface area (Å²) in [5.41, 5.74) is 8.32. The van der Waals surface area contributed by atoms with Crippen molar-refractivity contribution in [2.24, 2.45) is 0 Å². The van der Waals surface area contributed by atoms with E-state index in [4.69, 9.17) is 0 Å². The highest BCUT2D eigenvalue weighted by Crippen LogP contribution is 2.23. The first-order valence-electron chi connectivity index (χ1n) is 11.1. The van der Waals surface area contributed by atoms with E-state index in [1.165, 1.54) is 0 Å². The molecule has 0 saturated heterocycles. The van der Waals surface area contributed by atoms with Crippen molar-refractivity contribution in [3.05, 3.63) is 105 Å². The summed E-state index contributed by atoms with van der Waals surface area (Å²) in [6.07, 6.45) is 24.7. The average molecular weight is 435 g/mol. The standard InChI is InChI=1S/C34H26/c1-27-13-5-6-14-28(2)18-10-23-33-25-31(21-9-17-27)32-22-11-19-29(3)15-7-8-16-30(4)20-12-24-34(33)26-32/h9-12,17-26H,1-4H3/b21-9+,22-11+,23-10+,24-12+,27-17-,28-18-,29-19-,30-20-. The second-order valence-electron chi connectivity index (χ2n) is 7.95. The third-order valence-electron chi connectivity index (χ3n) is 4.94. The quantitative estimate of drug-likeness (QED) is 0.370. The number of fused-ring (bicyclic) bond motifs is 6. The van der Waals surface area contributed by atoms with Crippen molar-refractivity contribution in [2.75, 3.05) is 0 Å². The van der Waals surface area contributed by atoms with Crippen molar-refractivity contribution in [1.29, 1.82) is 0 Å². The van der Waals surface area contributed by atoms with Crippen LogP contribution in [0.4, 0.5) is 0 Å². The zero-order valence-corrected chi connectivity index (χ0v) is 20.1. The second-order valence-corrected chi connectivity index (χ2v) is 7.95. The molecule has 0 aliphatic heterocycles. The predicted octanol–water partition coefficient (Wildman–Crippen LogP) is 7.57. The van der Waals surface area contributed by atoms with Gasteiger partial charge in [0.05, 0.1) is 0 Å². The number of hydrogen-bond donors (Lipinski definition) is 0. The summed E-state index contributed by atoms with van der Waals surface area (Å²) in [6, 6.07) is 4.42. The van der Waals surface area contributed by atoms with Gasteiger partial charge in [-0.2, -0.15) is 0 Å². The molecule has 2 aliphatic rings. The van der Waals surface area contributed by atoms with E-state index in [1.807, 2.05) is 76.3 Å². The Morgan fingerprint density at radius 3 is 0.853 bits per heavy atom. The van der Waals surface area contributed by atoms with Gasteiger partial charge in [0.15, 0.2) is 0 Å². The van der Waals surface area contributed by atoms with Crippen LogP contribution in [0.15, 0.2) is 83.0 Å². The Kier molecular flexibility index (Phi) is 8.78. The van der Waals surface area contributed by atoms with Crippen LogP contribution in [0.2, 0.25) is 0 Å². The third-order valence-corrected chi connectivity index (χ3v) is 4.94. The summed E-state index contributed by atoms with van der Waals surface area (Å²) >= 11 is 0. The molecule has 0 heteroatoms. The van der Waals surface area contributed by atoms with Crippen molar-refractivity contribution >= 4 is 24.3 Å². The molecule has 0 radical (unpaired) electrons. The van der Waals surface area contributed by atoms with Crippen LogP contribution in [0, 0.1) is 47.4 Å². The van der Waals surface area contributed by atoms with Gasteiger partial charge in [-0.3, -0.25) is 0 Å². The lowest BCUT2D eigenvalue weighted by Crippen LogP contribution is -1.89. The molecule has 4 bridgehead atoms. The summed E-state index contributed by atoms with van der Waals surface area (Å²) in [5.74, 6) is 24.0. The molecule has 0 unspecified atom stereocenters. The van der Waals surface area contributed by atoms with Gasteiger partial charge >= 0.3 is 0 Å². The monoisotopic (exact) mass is 434 g/mol. The second kappa shape index (κ2) is 12.4. The van der Waals surface area contributed by atoms with Crippen LogP contribution >= 0.6 is 0 Å². The van der Waals surface area contributed by atoms with E-state index < -0.39 is 0 Å². The van der Waals surface area contributed by atoms with Crippen molar-refractivity contribution in [3.8, 4) is 47.4 Å². The topological polar surface area (TPSA) is 0 Å². The van der Waals surface area contributed by atoms with Crippen LogP contribution in [-0.4, -0.2) is 0 Å². The fourth-order valence-electron chi connectivity index (χ4n) is 3.12. The molecule has 0 atom stereocenters. The minimum atomic E-state index is 0.962. The lowest BCUT2D eigenvalue weighted by molar-refractivity contribution is 1.53. The van der Waals surface area contributed by atoms with E-state index in [2.05, 4.69) is 83.8 Å². The molecule has 162 valence electrons. The van der Waals surface area contributed by atoms with Gasteiger partial charge in [-0.1, -0.05) is 96.6 Å². The first kappa shape index (κ1) is 24.0. The van der Waals surface area contributed by atoms with Crippen LogP contribution in [0.3, 0.4) is 0 Å². The fourth-order valence-corrected chi connectivity index (χ4v) is 3.12. The molecular formula is C34H26. The Morgan fingerprint density at radius 2 is 0.618 bits per heavy atom. The maximum Gasteiger partial charge on any atom is -0.0000494 e. The Labute approximate surface area is 204 Å². The van der Waals surface area contributed by atoms with Gasteiger partial charge in [0.2, 0.25) is 0 Å². The van der Waals surface area contributed by atoms with Gasteiger partial charge in [-0.15, -0.1) is 0 Å². The molecule has 0 saturated carbocycles. The lowest BCUT2D eigenvalue weighted by atomic mass is 9.96. The maximum atomic E-state index is 3.08. The molecule has 0 fully saturated rings. The van der Waals surface area contributed by atoms with Crippen molar-refractivity contribution < 1.29 is 0 Å². The number of benzene rings is 1. The SMILES string of the molecule is C/C1=C/C=C/c2cc(c3cc2/C=C/C=C(/C)C#CC#C/C(C)=C\C=C\3)/C=C/C=C(/C)C#CC#C1. The van der Waals surface area contributed by atoms with E-state index >= 15 is 0 Å². The van der Waals surface area contributed by atoms with Crippen molar-refractivity contribution in [1.82, 2.24) is 0 Å². The summed E-state index contributed by atoms with van der Waals surface area (Å²) in [6.45, 7) is 7.95. The smallest absolute Gasteiger partial charge is 0.0000494 e.